The van der Waals surface area contributed by atoms with E-state index < -0.39 is 97.5 Å². The average molecular weight is 1440 g/mol. The molecule has 580 valence electrons. The largest absolute Gasteiger partial charge is 0.472 e. The SMILES string of the molecule is CCCCCCCC/C=C\CCCCCCCC(=O)O[C@H](COC(=O)CCCCCCCCCCCCCCCCC)COP(=O)(O)OC[C@@H](O)COP(=O)(O)OC[C@@H](COC(=O)CCCCCCCCCCCCCCC)OC(=O)CCCCCCCCCCCCCCCCC. The van der Waals surface area contributed by atoms with Gasteiger partial charge >= 0.3 is 39.5 Å². The van der Waals surface area contributed by atoms with Crippen molar-refractivity contribution in [2.75, 3.05) is 39.6 Å². The summed E-state index contributed by atoms with van der Waals surface area (Å²) >= 11 is 0. The number of hydrogen-bond donors (Lipinski definition) is 3. The summed E-state index contributed by atoms with van der Waals surface area (Å²) in [4.78, 5) is 73.0. The fraction of sp³-hybridized carbons (Fsp3) is 0.924. The number of esters is 4. The third-order valence-corrected chi connectivity index (χ3v) is 20.2. The van der Waals surface area contributed by atoms with Crippen molar-refractivity contribution >= 4 is 39.5 Å². The van der Waals surface area contributed by atoms with Gasteiger partial charge in [-0.2, -0.15) is 0 Å². The minimum Gasteiger partial charge on any atom is -0.462 e. The van der Waals surface area contributed by atoms with Crippen molar-refractivity contribution in [3.8, 4) is 0 Å². The molecule has 0 rings (SSSR count). The van der Waals surface area contributed by atoms with Gasteiger partial charge in [0.2, 0.25) is 0 Å². The lowest BCUT2D eigenvalue weighted by molar-refractivity contribution is -0.161. The minimum atomic E-state index is -4.96. The number of unbranched alkanes of at least 4 members (excludes halogenated alkanes) is 51. The Morgan fingerprint density at radius 3 is 0.704 bits per heavy atom. The van der Waals surface area contributed by atoms with Gasteiger partial charge in [0.05, 0.1) is 26.4 Å². The fourth-order valence-electron chi connectivity index (χ4n) is 12.0. The average Bonchev–Trinajstić information content (AvgIpc) is 1.04. The lowest BCUT2D eigenvalue weighted by Crippen LogP contribution is -2.30. The van der Waals surface area contributed by atoms with Gasteiger partial charge < -0.3 is 33.8 Å². The Hall–Kier alpha value is -2.20. The third kappa shape index (κ3) is 72.2. The van der Waals surface area contributed by atoms with Crippen LogP contribution < -0.4 is 0 Å². The summed E-state index contributed by atoms with van der Waals surface area (Å²) in [6.07, 6.45) is 66.0. The molecule has 0 spiro atoms. The maximum absolute atomic E-state index is 13.1. The van der Waals surface area contributed by atoms with Crippen molar-refractivity contribution in [1.29, 1.82) is 0 Å². The van der Waals surface area contributed by atoms with Crippen molar-refractivity contribution < 1.29 is 80.2 Å². The Morgan fingerprint density at radius 2 is 0.469 bits per heavy atom. The highest BCUT2D eigenvalue weighted by molar-refractivity contribution is 7.47. The fourth-order valence-corrected chi connectivity index (χ4v) is 13.6. The molecule has 0 saturated heterocycles. The summed E-state index contributed by atoms with van der Waals surface area (Å²) in [6.45, 7) is 4.99. The maximum atomic E-state index is 13.1. The molecule has 19 heteroatoms. The first-order valence-corrected chi connectivity index (χ1v) is 43.9. The van der Waals surface area contributed by atoms with Crippen LogP contribution in [0, 0.1) is 0 Å². The van der Waals surface area contributed by atoms with E-state index in [1.807, 2.05) is 0 Å². The molecule has 0 fully saturated rings. The lowest BCUT2D eigenvalue weighted by atomic mass is 10.0. The van der Waals surface area contributed by atoms with Crippen molar-refractivity contribution in [2.45, 2.75) is 431 Å². The molecule has 0 aromatic rings. The Morgan fingerprint density at radius 1 is 0.276 bits per heavy atom. The molecule has 98 heavy (non-hydrogen) atoms. The van der Waals surface area contributed by atoms with Gasteiger partial charge in [0.1, 0.15) is 19.3 Å². The molecule has 0 radical (unpaired) electrons. The number of allylic oxidation sites excluding steroid dienone is 2. The van der Waals surface area contributed by atoms with Gasteiger partial charge in [-0.25, -0.2) is 9.13 Å². The van der Waals surface area contributed by atoms with Gasteiger partial charge in [-0.1, -0.05) is 348 Å². The molecule has 17 nitrogen and oxygen atoms in total. The Balaban J connectivity index is 5.28. The number of ether oxygens (including phenoxy) is 4. The zero-order valence-corrected chi connectivity index (χ0v) is 65.3. The van der Waals surface area contributed by atoms with Crippen LogP contribution in [0.1, 0.15) is 413 Å². The lowest BCUT2D eigenvalue weighted by Gasteiger charge is -2.21. The van der Waals surface area contributed by atoms with Crippen LogP contribution in [0.4, 0.5) is 0 Å². The summed E-state index contributed by atoms with van der Waals surface area (Å²) in [5, 5.41) is 10.6. The van der Waals surface area contributed by atoms with Crippen LogP contribution in [-0.2, 0) is 65.4 Å². The van der Waals surface area contributed by atoms with Crippen LogP contribution in [0.3, 0.4) is 0 Å². The van der Waals surface area contributed by atoms with E-state index in [-0.39, 0.29) is 25.7 Å². The van der Waals surface area contributed by atoms with E-state index in [1.54, 1.807) is 0 Å². The second-order valence-corrected chi connectivity index (χ2v) is 31.0. The molecule has 0 aliphatic carbocycles. The Labute approximate surface area is 600 Å². The van der Waals surface area contributed by atoms with Crippen molar-refractivity contribution in [2.24, 2.45) is 0 Å². The monoisotopic (exact) mass is 1440 g/mol. The molecule has 0 heterocycles. The number of rotatable bonds is 79. The first kappa shape index (κ1) is 95.8. The first-order chi connectivity index (χ1) is 47.7. The van der Waals surface area contributed by atoms with Crippen LogP contribution >= 0.6 is 15.6 Å². The quantitative estimate of drug-likeness (QED) is 0.0169. The van der Waals surface area contributed by atoms with E-state index in [0.717, 1.165) is 103 Å². The maximum Gasteiger partial charge on any atom is 0.472 e. The number of carbonyl (C=O) groups excluding carboxylic acids is 4. The molecule has 0 saturated carbocycles. The molecule has 0 aliphatic rings. The zero-order chi connectivity index (χ0) is 71.8. The van der Waals surface area contributed by atoms with Crippen molar-refractivity contribution in [3.63, 3.8) is 0 Å². The van der Waals surface area contributed by atoms with Gasteiger partial charge in [-0.15, -0.1) is 0 Å². The van der Waals surface area contributed by atoms with Crippen LogP contribution in [0.25, 0.3) is 0 Å². The number of aliphatic hydroxyl groups excluding tert-OH is 1. The number of phosphoric ester groups is 2. The molecular weight excluding hydrogens is 1280 g/mol. The molecule has 0 bridgehead atoms. The summed E-state index contributed by atoms with van der Waals surface area (Å²) in [6, 6.07) is 0. The van der Waals surface area contributed by atoms with Gasteiger partial charge in [0.15, 0.2) is 12.2 Å². The predicted molar refractivity (Wildman–Crippen MR) is 400 cm³/mol. The number of phosphoric acid groups is 2. The van der Waals surface area contributed by atoms with Crippen LogP contribution in [-0.4, -0.2) is 96.7 Å². The highest BCUT2D eigenvalue weighted by Crippen LogP contribution is 2.45. The van der Waals surface area contributed by atoms with E-state index in [4.69, 9.17) is 37.0 Å². The Kier molecular flexibility index (Phi) is 71.5. The number of carbonyl (C=O) groups is 4. The molecule has 0 amide bonds. The van der Waals surface area contributed by atoms with E-state index >= 15 is 0 Å². The molecule has 3 N–H and O–H groups in total. The van der Waals surface area contributed by atoms with Crippen LogP contribution in [0.2, 0.25) is 0 Å². The van der Waals surface area contributed by atoms with E-state index in [9.17, 15) is 43.2 Å². The van der Waals surface area contributed by atoms with Crippen LogP contribution in [0.5, 0.6) is 0 Å². The third-order valence-electron chi connectivity index (χ3n) is 18.3. The topological polar surface area (TPSA) is 237 Å². The Bertz CT molecular complexity index is 1910. The highest BCUT2D eigenvalue weighted by atomic mass is 31.2. The van der Waals surface area contributed by atoms with E-state index in [1.165, 1.54) is 231 Å². The van der Waals surface area contributed by atoms with Gasteiger partial charge in [-0.05, 0) is 51.4 Å². The molecular formula is C79H152O17P2. The minimum absolute atomic E-state index is 0.0953. The van der Waals surface area contributed by atoms with Gasteiger partial charge in [0, 0.05) is 25.7 Å². The summed E-state index contributed by atoms with van der Waals surface area (Å²) in [5.74, 6) is -2.12. The molecule has 0 aliphatic heterocycles. The summed E-state index contributed by atoms with van der Waals surface area (Å²) < 4.78 is 68.7. The smallest absolute Gasteiger partial charge is 0.462 e. The second kappa shape index (κ2) is 73.1. The van der Waals surface area contributed by atoms with E-state index in [0.29, 0.717) is 25.7 Å². The van der Waals surface area contributed by atoms with Gasteiger partial charge in [-0.3, -0.25) is 37.3 Å². The number of hydrogen-bond acceptors (Lipinski definition) is 15. The summed E-state index contributed by atoms with van der Waals surface area (Å²) in [5.41, 5.74) is 0. The molecule has 0 aromatic carbocycles. The molecule has 0 aromatic heterocycles. The zero-order valence-electron chi connectivity index (χ0n) is 63.5. The normalized spacial score (nSPS) is 13.9. The van der Waals surface area contributed by atoms with Crippen LogP contribution in [0.15, 0.2) is 12.2 Å². The van der Waals surface area contributed by atoms with Gasteiger partial charge in [0.25, 0.3) is 0 Å². The van der Waals surface area contributed by atoms with E-state index in [2.05, 4.69) is 39.8 Å². The highest BCUT2D eigenvalue weighted by Gasteiger charge is 2.30. The van der Waals surface area contributed by atoms with Crippen molar-refractivity contribution in [3.05, 3.63) is 12.2 Å². The molecule has 5 atom stereocenters. The first-order valence-electron chi connectivity index (χ1n) is 40.9. The standard InChI is InChI=1S/C79H152O17P2/c1-5-9-13-17-21-25-29-33-36-40-44-48-52-56-60-64-77(82)90-70-75(96-79(84)66-62-58-54-50-46-42-38-35-31-27-23-19-15-11-7-3)72-94-98(87,88)92-68-73(80)67-91-97(85,86)93-71-74(69-89-76(81)63-59-55-51-47-43-39-32-28-24-20-16-12-8-4)95-78(83)65-61-57-53-49-45-41-37-34-30-26-22-18-14-10-6-2/h35,38,73-75,80H,5-34,36-37,39-72H2,1-4H3,(H,85,86)(H,87,88)/b38-35-/t73-,74+,75+/m0/s1. The summed E-state index contributed by atoms with van der Waals surface area (Å²) in [7, 11) is -9.92. The predicted octanol–water partition coefficient (Wildman–Crippen LogP) is 23.6. The molecule has 2 unspecified atom stereocenters. The second-order valence-electron chi connectivity index (χ2n) is 28.1. The number of aliphatic hydroxyl groups is 1. The van der Waals surface area contributed by atoms with Crippen molar-refractivity contribution in [1.82, 2.24) is 0 Å².